The van der Waals surface area contributed by atoms with Crippen LogP contribution in [0.2, 0.25) is 0 Å². The van der Waals surface area contributed by atoms with Gasteiger partial charge in [-0.25, -0.2) is 0 Å². The number of unbranched alkanes of at least 4 members (excludes halogenated alkanes) is 13. The molecule has 24 heavy (non-hydrogen) atoms. The van der Waals surface area contributed by atoms with Gasteiger partial charge >= 0.3 is 0 Å². The Bertz CT molecular complexity index is 230. The molecule has 0 aromatic rings. The lowest BCUT2D eigenvalue weighted by Gasteiger charge is -2.16. The highest BCUT2D eigenvalue weighted by atomic mass is 14.1. The van der Waals surface area contributed by atoms with E-state index in [0.717, 1.165) is 5.92 Å². The fourth-order valence-electron chi connectivity index (χ4n) is 3.74. The second kappa shape index (κ2) is 20.8. The van der Waals surface area contributed by atoms with E-state index in [1.54, 1.807) is 0 Å². The Morgan fingerprint density at radius 1 is 0.542 bits per heavy atom. The van der Waals surface area contributed by atoms with Gasteiger partial charge in [-0.15, -0.1) is 6.58 Å². The fraction of sp³-hybridized carbons (Fsp3) is 0.917. The van der Waals surface area contributed by atoms with Crippen LogP contribution in [0.25, 0.3) is 0 Å². The Balaban J connectivity index is 3.56. The fourth-order valence-corrected chi connectivity index (χ4v) is 3.74. The van der Waals surface area contributed by atoms with E-state index in [0.29, 0.717) is 0 Å². The first-order valence-electron chi connectivity index (χ1n) is 11.5. The van der Waals surface area contributed by atoms with E-state index in [-0.39, 0.29) is 0 Å². The van der Waals surface area contributed by atoms with Gasteiger partial charge in [0, 0.05) is 0 Å². The Hall–Kier alpha value is -0.260. The molecule has 0 amide bonds. The molecule has 0 aliphatic rings. The lowest BCUT2D eigenvalue weighted by atomic mass is 9.90. The molecular formula is C24H48. The maximum Gasteiger partial charge on any atom is -0.0353 e. The SMILES string of the molecule is C=CCCCCCCCC(CCCC)CCCCCCCCCC. The van der Waals surface area contributed by atoms with Crippen molar-refractivity contribution in [3.05, 3.63) is 12.7 Å². The molecular weight excluding hydrogens is 288 g/mol. The minimum Gasteiger partial charge on any atom is -0.103 e. The van der Waals surface area contributed by atoms with Crippen molar-refractivity contribution in [3.8, 4) is 0 Å². The number of rotatable bonds is 20. The van der Waals surface area contributed by atoms with Crippen LogP contribution in [0.1, 0.15) is 136 Å². The van der Waals surface area contributed by atoms with Gasteiger partial charge < -0.3 is 0 Å². The smallest absolute Gasteiger partial charge is 0.0353 e. The summed E-state index contributed by atoms with van der Waals surface area (Å²) < 4.78 is 0. The lowest BCUT2D eigenvalue weighted by Crippen LogP contribution is -2.01. The van der Waals surface area contributed by atoms with Crippen molar-refractivity contribution in [1.82, 2.24) is 0 Å². The number of allylic oxidation sites excluding steroid dienone is 1. The van der Waals surface area contributed by atoms with Crippen LogP contribution in [0, 0.1) is 5.92 Å². The predicted octanol–water partition coefficient (Wildman–Crippen LogP) is 9.24. The van der Waals surface area contributed by atoms with E-state index < -0.39 is 0 Å². The molecule has 0 aromatic heterocycles. The van der Waals surface area contributed by atoms with Crippen molar-refractivity contribution in [2.75, 3.05) is 0 Å². The minimum absolute atomic E-state index is 1.03. The molecule has 0 heteroatoms. The van der Waals surface area contributed by atoms with Crippen molar-refractivity contribution >= 4 is 0 Å². The summed E-state index contributed by atoms with van der Waals surface area (Å²) in [6.45, 7) is 8.45. The molecule has 0 heterocycles. The quantitative estimate of drug-likeness (QED) is 0.153. The summed E-state index contributed by atoms with van der Waals surface area (Å²) in [5.41, 5.74) is 0. The first-order valence-corrected chi connectivity index (χ1v) is 11.5. The first kappa shape index (κ1) is 23.7. The topological polar surface area (TPSA) is 0 Å². The summed E-state index contributed by atoms with van der Waals surface area (Å²) in [5, 5.41) is 0. The highest BCUT2D eigenvalue weighted by Crippen LogP contribution is 2.24. The molecule has 0 aromatic carbocycles. The zero-order valence-corrected chi connectivity index (χ0v) is 17.3. The van der Waals surface area contributed by atoms with E-state index in [1.807, 2.05) is 0 Å². The van der Waals surface area contributed by atoms with Gasteiger partial charge in [0.1, 0.15) is 0 Å². The van der Waals surface area contributed by atoms with Crippen LogP contribution in [0.3, 0.4) is 0 Å². The molecule has 0 saturated carbocycles. The van der Waals surface area contributed by atoms with Crippen molar-refractivity contribution in [3.63, 3.8) is 0 Å². The van der Waals surface area contributed by atoms with Crippen molar-refractivity contribution in [2.45, 2.75) is 136 Å². The zero-order valence-electron chi connectivity index (χ0n) is 17.3. The third-order valence-electron chi connectivity index (χ3n) is 5.45. The van der Waals surface area contributed by atoms with E-state index >= 15 is 0 Å². The molecule has 1 unspecified atom stereocenters. The molecule has 0 aliphatic heterocycles. The maximum atomic E-state index is 3.81. The number of hydrogen-bond donors (Lipinski definition) is 0. The van der Waals surface area contributed by atoms with Crippen molar-refractivity contribution < 1.29 is 0 Å². The molecule has 0 radical (unpaired) electrons. The Kier molecular flexibility index (Phi) is 20.6. The van der Waals surface area contributed by atoms with E-state index in [1.165, 1.54) is 122 Å². The molecule has 0 bridgehead atoms. The largest absolute Gasteiger partial charge is 0.103 e. The van der Waals surface area contributed by atoms with Gasteiger partial charge in [0.15, 0.2) is 0 Å². The Morgan fingerprint density at radius 2 is 0.958 bits per heavy atom. The highest BCUT2D eigenvalue weighted by molar-refractivity contribution is 4.66. The van der Waals surface area contributed by atoms with Crippen LogP contribution < -0.4 is 0 Å². The monoisotopic (exact) mass is 336 g/mol. The van der Waals surface area contributed by atoms with Crippen molar-refractivity contribution in [1.29, 1.82) is 0 Å². The van der Waals surface area contributed by atoms with E-state index in [4.69, 9.17) is 0 Å². The molecule has 0 nitrogen and oxygen atoms in total. The third-order valence-corrected chi connectivity index (χ3v) is 5.45. The van der Waals surface area contributed by atoms with Crippen LogP contribution in [-0.2, 0) is 0 Å². The van der Waals surface area contributed by atoms with Gasteiger partial charge in [0.05, 0.1) is 0 Å². The summed E-state index contributed by atoms with van der Waals surface area (Å²) >= 11 is 0. The molecule has 0 N–H and O–H groups in total. The third kappa shape index (κ3) is 18.1. The summed E-state index contributed by atoms with van der Waals surface area (Å²) in [6, 6.07) is 0. The zero-order chi connectivity index (χ0) is 17.7. The average molecular weight is 337 g/mol. The molecule has 144 valence electrons. The second-order valence-electron chi connectivity index (χ2n) is 7.91. The lowest BCUT2D eigenvalue weighted by molar-refractivity contribution is 0.370. The summed E-state index contributed by atoms with van der Waals surface area (Å²) in [5.74, 6) is 1.03. The molecule has 0 fully saturated rings. The summed E-state index contributed by atoms with van der Waals surface area (Å²) in [7, 11) is 0. The minimum atomic E-state index is 1.03. The normalized spacial score (nSPS) is 12.4. The predicted molar refractivity (Wildman–Crippen MR) is 113 cm³/mol. The Labute approximate surface area is 154 Å². The molecule has 0 aliphatic carbocycles. The van der Waals surface area contributed by atoms with Gasteiger partial charge in [0.2, 0.25) is 0 Å². The van der Waals surface area contributed by atoms with Gasteiger partial charge in [-0.3, -0.25) is 0 Å². The molecule has 0 rings (SSSR count). The van der Waals surface area contributed by atoms with Crippen LogP contribution in [0.5, 0.6) is 0 Å². The van der Waals surface area contributed by atoms with Crippen LogP contribution in [-0.4, -0.2) is 0 Å². The maximum absolute atomic E-state index is 3.81. The van der Waals surface area contributed by atoms with Gasteiger partial charge in [0.25, 0.3) is 0 Å². The van der Waals surface area contributed by atoms with Crippen LogP contribution >= 0.6 is 0 Å². The van der Waals surface area contributed by atoms with Gasteiger partial charge in [-0.1, -0.05) is 129 Å². The average Bonchev–Trinajstić information content (AvgIpc) is 2.60. The van der Waals surface area contributed by atoms with E-state index in [2.05, 4.69) is 26.5 Å². The van der Waals surface area contributed by atoms with Crippen LogP contribution in [0.15, 0.2) is 12.7 Å². The molecule has 0 spiro atoms. The highest BCUT2D eigenvalue weighted by Gasteiger charge is 2.08. The molecule has 0 saturated heterocycles. The second-order valence-corrected chi connectivity index (χ2v) is 7.91. The van der Waals surface area contributed by atoms with Gasteiger partial charge in [-0.05, 0) is 18.8 Å². The van der Waals surface area contributed by atoms with Gasteiger partial charge in [-0.2, -0.15) is 0 Å². The number of hydrogen-bond acceptors (Lipinski definition) is 0. The van der Waals surface area contributed by atoms with Crippen molar-refractivity contribution in [2.24, 2.45) is 5.92 Å². The van der Waals surface area contributed by atoms with Crippen LogP contribution in [0.4, 0.5) is 0 Å². The summed E-state index contributed by atoms with van der Waals surface area (Å²) in [4.78, 5) is 0. The Morgan fingerprint density at radius 3 is 1.46 bits per heavy atom. The summed E-state index contributed by atoms with van der Waals surface area (Å²) in [6.07, 6.45) is 29.4. The molecule has 1 atom stereocenters. The standard InChI is InChI=1S/C24H48/c1-4-7-10-12-14-16-18-20-23-24(21-9-6-3)22-19-17-15-13-11-8-5-2/h5,24H,2,4,6-23H2,1,3H3. The first-order chi connectivity index (χ1) is 11.8. The van der Waals surface area contributed by atoms with E-state index in [9.17, 15) is 0 Å².